The molecule has 0 aliphatic rings. The summed E-state index contributed by atoms with van der Waals surface area (Å²) in [4.78, 5) is 12.1. The molecule has 1 heterocycles. The molecular weight excluding hydrogens is 214 g/mol. The maximum absolute atomic E-state index is 12.1. The number of hydrogen-bond acceptors (Lipinski definition) is 2. The van der Waals surface area contributed by atoms with E-state index >= 15 is 0 Å². The first-order chi connectivity index (χ1) is 8.27. The SMILES string of the molecule is CCCCC(CCCC)C(=O)Nc1cn[nH]c1. The minimum Gasteiger partial charge on any atom is -0.323 e. The fourth-order valence-electron chi connectivity index (χ4n) is 1.87. The normalized spacial score (nSPS) is 10.8. The van der Waals surface area contributed by atoms with Crippen LogP contribution in [0.2, 0.25) is 0 Å². The van der Waals surface area contributed by atoms with Crippen molar-refractivity contribution in [2.75, 3.05) is 5.32 Å². The van der Waals surface area contributed by atoms with Crippen LogP contribution in [0.1, 0.15) is 52.4 Å². The lowest BCUT2D eigenvalue weighted by atomic mass is 9.95. The second kappa shape index (κ2) is 7.87. The fourth-order valence-corrected chi connectivity index (χ4v) is 1.87. The minimum absolute atomic E-state index is 0.133. The summed E-state index contributed by atoms with van der Waals surface area (Å²) >= 11 is 0. The molecule has 0 bridgehead atoms. The van der Waals surface area contributed by atoms with Crippen LogP contribution in [0.4, 0.5) is 5.69 Å². The summed E-state index contributed by atoms with van der Waals surface area (Å²) in [7, 11) is 0. The summed E-state index contributed by atoms with van der Waals surface area (Å²) in [6, 6.07) is 0. The van der Waals surface area contributed by atoms with Crippen molar-refractivity contribution in [2.45, 2.75) is 52.4 Å². The second-order valence-corrected chi connectivity index (χ2v) is 4.46. The predicted octanol–water partition coefficient (Wildman–Crippen LogP) is 3.34. The van der Waals surface area contributed by atoms with Gasteiger partial charge in [-0.05, 0) is 12.8 Å². The third-order valence-electron chi connectivity index (χ3n) is 2.95. The van der Waals surface area contributed by atoms with Crippen molar-refractivity contribution in [1.82, 2.24) is 10.2 Å². The van der Waals surface area contributed by atoms with Crippen molar-refractivity contribution in [1.29, 1.82) is 0 Å². The van der Waals surface area contributed by atoms with E-state index in [1.54, 1.807) is 12.4 Å². The number of carbonyl (C=O) groups is 1. The van der Waals surface area contributed by atoms with Crippen LogP contribution >= 0.6 is 0 Å². The van der Waals surface area contributed by atoms with Crippen LogP contribution in [0, 0.1) is 5.92 Å². The topological polar surface area (TPSA) is 57.8 Å². The summed E-state index contributed by atoms with van der Waals surface area (Å²) in [5.74, 6) is 0.276. The van der Waals surface area contributed by atoms with Gasteiger partial charge in [-0.2, -0.15) is 5.10 Å². The molecule has 1 amide bonds. The van der Waals surface area contributed by atoms with E-state index in [-0.39, 0.29) is 11.8 Å². The summed E-state index contributed by atoms with van der Waals surface area (Å²) in [6.07, 6.45) is 9.83. The van der Waals surface area contributed by atoms with Crippen LogP contribution < -0.4 is 5.32 Å². The van der Waals surface area contributed by atoms with Gasteiger partial charge in [-0.1, -0.05) is 39.5 Å². The number of rotatable bonds is 8. The van der Waals surface area contributed by atoms with Crippen LogP contribution in [0.5, 0.6) is 0 Å². The molecule has 0 saturated carbocycles. The molecule has 17 heavy (non-hydrogen) atoms. The Hall–Kier alpha value is -1.32. The molecule has 4 nitrogen and oxygen atoms in total. The van der Waals surface area contributed by atoms with Gasteiger partial charge in [0.25, 0.3) is 0 Å². The molecule has 0 fully saturated rings. The highest BCUT2D eigenvalue weighted by Crippen LogP contribution is 2.18. The van der Waals surface area contributed by atoms with Gasteiger partial charge in [0, 0.05) is 12.1 Å². The van der Waals surface area contributed by atoms with Crippen LogP contribution in [0.15, 0.2) is 12.4 Å². The van der Waals surface area contributed by atoms with Gasteiger partial charge < -0.3 is 5.32 Å². The molecule has 4 heteroatoms. The Kier molecular flexibility index (Phi) is 6.37. The molecule has 96 valence electrons. The standard InChI is InChI=1S/C13H23N3O/c1-3-5-7-11(8-6-4-2)13(17)16-12-9-14-15-10-12/h9-11H,3-8H2,1-2H3,(H,14,15)(H,16,17). The van der Waals surface area contributed by atoms with E-state index in [2.05, 4.69) is 29.4 Å². The molecule has 0 aliphatic heterocycles. The number of aromatic amines is 1. The monoisotopic (exact) mass is 237 g/mol. The average Bonchev–Trinajstić information content (AvgIpc) is 2.82. The zero-order chi connectivity index (χ0) is 12.5. The lowest BCUT2D eigenvalue weighted by Gasteiger charge is -2.15. The molecule has 0 aromatic carbocycles. The third kappa shape index (κ3) is 5.02. The molecule has 1 aromatic rings. The number of aromatic nitrogens is 2. The quantitative estimate of drug-likeness (QED) is 0.728. The number of nitrogens with zero attached hydrogens (tertiary/aromatic N) is 1. The molecule has 0 radical (unpaired) electrons. The molecule has 0 unspecified atom stereocenters. The van der Waals surface area contributed by atoms with Crippen molar-refractivity contribution in [3.05, 3.63) is 12.4 Å². The molecule has 0 aliphatic carbocycles. The summed E-state index contributed by atoms with van der Waals surface area (Å²) in [5, 5.41) is 9.42. The van der Waals surface area contributed by atoms with E-state index < -0.39 is 0 Å². The highest BCUT2D eigenvalue weighted by Gasteiger charge is 2.17. The van der Waals surface area contributed by atoms with E-state index in [9.17, 15) is 4.79 Å². The molecule has 0 atom stereocenters. The summed E-state index contributed by atoms with van der Waals surface area (Å²) < 4.78 is 0. The number of H-pyrrole nitrogens is 1. The zero-order valence-electron chi connectivity index (χ0n) is 10.8. The minimum atomic E-state index is 0.133. The van der Waals surface area contributed by atoms with Gasteiger partial charge in [-0.3, -0.25) is 9.89 Å². The van der Waals surface area contributed by atoms with Crippen molar-refractivity contribution in [3.63, 3.8) is 0 Å². The molecule has 2 N–H and O–H groups in total. The first kappa shape index (κ1) is 13.7. The number of amides is 1. The lowest BCUT2D eigenvalue weighted by Crippen LogP contribution is -2.22. The van der Waals surface area contributed by atoms with Crippen LogP contribution in [0.3, 0.4) is 0 Å². The van der Waals surface area contributed by atoms with E-state index in [1.807, 2.05) is 0 Å². The van der Waals surface area contributed by atoms with Gasteiger partial charge in [0.05, 0.1) is 11.9 Å². The number of carbonyl (C=O) groups excluding carboxylic acids is 1. The van der Waals surface area contributed by atoms with E-state index in [0.29, 0.717) is 0 Å². The van der Waals surface area contributed by atoms with Crippen molar-refractivity contribution in [3.8, 4) is 0 Å². The van der Waals surface area contributed by atoms with Gasteiger partial charge >= 0.3 is 0 Å². The largest absolute Gasteiger partial charge is 0.323 e. The maximum atomic E-state index is 12.1. The van der Waals surface area contributed by atoms with Gasteiger partial charge in [0.15, 0.2) is 0 Å². The Labute approximate surface area is 103 Å². The van der Waals surface area contributed by atoms with Gasteiger partial charge in [-0.25, -0.2) is 0 Å². The Bertz CT molecular complexity index is 300. The number of nitrogens with one attached hydrogen (secondary N) is 2. The Morgan fingerprint density at radius 3 is 2.47 bits per heavy atom. The highest BCUT2D eigenvalue weighted by molar-refractivity contribution is 5.92. The summed E-state index contributed by atoms with van der Waals surface area (Å²) in [6.45, 7) is 4.32. The fraction of sp³-hybridized carbons (Fsp3) is 0.692. The van der Waals surface area contributed by atoms with Crippen LogP contribution in [-0.2, 0) is 4.79 Å². The molecule has 0 saturated heterocycles. The van der Waals surface area contributed by atoms with Gasteiger partial charge in [-0.15, -0.1) is 0 Å². The van der Waals surface area contributed by atoms with Crippen LogP contribution in [-0.4, -0.2) is 16.1 Å². The van der Waals surface area contributed by atoms with Crippen LogP contribution in [0.25, 0.3) is 0 Å². The number of hydrogen-bond donors (Lipinski definition) is 2. The first-order valence-electron chi connectivity index (χ1n) is 6.57. The van der Waals surface area contributed by atoms with Gasteiger partial charge in [0.2, 0.25) is 5.91 Å². The van der Waals surface area contributed by atoms with Crippen molar-refractivity contribution in [2.24, 2.45) is 5.92 Å². The number of unbranched alkanes of at least 4 members (excludes halogenated alkanes) is 2. The maximum Gasteiger partial charge on any atom is 0.227 e. The Morgan fingerprint density at radius 2 is 2.00 bits per heavy atom. The molecule has 0 spiro atoms. The average molecular weight is 237 g/mol. The smallest absolute Gasteiger partial charge is 0.227 e. The highest BCUT2D eigenvalue weighted by atomic mass is 16.1. The lowest BCUT2D eigenvalue weighted by molar-refractivity contribution is -0.120. The van der Waals surface area contributed by atoms with E-state index in [0.717, 1.165) is 44.2 Å². The Balaban J connectivity index is 2.46. The summed E-state index contributed by atoms with van der Waals surface area (Å²) in [5.41, 5.74) is 0.757. The molecule has 1 rings (SSSR count). The zero-order valence-corrected chi connectivity index (χ0v) is 10.8. The van der Waals surface area contributed by atoms with Crippen molar-refractivity contribution < 1.29 is 4.79 Å². The van der Waals surface area contributed by atoms with E-state index in [1.165, 1.54) is 0 Å². The molecular formula is C13H23N3O. The number of anilines is 1. The second-order valence-electron chi connectivity index (χ2n) is 4.46. The van der Waals surface area contributed by atoms with Crippen molar-refractivity contribution >= 4 is 11.6 Å². The Morgan fingerprint density at radius 1 is 1.35 bits per heavy atom. The van der Waals surface area contributed by atoms with Gasteiger partial charge in [0.1, 0.15) is 0 Å². The van der Waals surface area contributed by atoms with E-state index in [4.69, 9.17) is 0 Å². The predicted molar refractivity (Wildman–Crippen MR) is 69.8 cm³/mol. The third-order valence-corrected chi connectivity index (χ3v) is 2.95. The first-order valence-corrected chi connectivity index (χ1v) is 6.57. The molecule has 1 aromatic heterocycles.